The predicted octanol–water partition coefficient (Wildman–Crippen LogP) is 2.81. The van der Waals surface area contributed by atoms with E-state index in [1.165, 1.54) is 0 Å². The van der Waals surface area contributed by atoms with Crippen LogP contribution in [-0.2, 0) is 20.5 Å². The number of halogens is 4. The van der Waals surface area contributed by atoms with Gasteiger partial charge in [0.05, 0.1) is 11.5 Å². The zero-order valence-corrected chi connectivity index (χ0v) is 13.8. The SMILES string of the molecule is O=C(Nc1ccc(F)c(C(F)(F)F)c1)C1CC(=O)N(C2CCOCC2)C1. The van der Waals surface area contributed by atoms with Crippen molar-refractivity contribution in [3.63, 3.8) is 0 Å². The Balaban J connectivity index is 1.66. The van der Waals surface area contributed by atoms with E-state index in [-0.39, 0.29) is 30.6 Å². The maximum Gasteiger partial charge on any atom is 0.419 e. The van der Waals surface area contributed by atoms with E-state index in [1.807, 2.05) is 0 Å². The Morgan fingerprint density at radius 2 is 1.92 bits per heavy atom. The smallest absolute Gasteiger partial charge is 0.381 e. The summed E-state index contributed by atoms with van der Waals surface area (Å²) in [6, 6.07) is 2.30. The first-order chi connectivity index (χ1) is 12.3. The van der Waals surface area contributed by atoms with Gasteiger partial charge in [-0.15, -0.1) is 0 Å². The first-order valence-electron chi connectivity index (χ1n) is 8.30. The summed E-state index contributed by atoms with van der Waals surface area (Å²) in [7, 11) is 0. The average Bonchev–Trinajstić information content (AvgIpc) is 2.98. The van der Waals surface area contributed by atoms with E-state index in [0.717, 1.165) is 6.07 Å². The molecule has 9 heteroatoms. The number of hydrogen-bond acceptors (Lipinski definition) is 3. The molecule has 3 rings (SSSR count). The molecule has 2 saturated heterocycles. The first-order valence-corrected chi connectivity index (χ1v) is 8.30. The lowest BCUT2D eigenvalue weighted by molar-refractivity contribution is -0.140. The van der Waals surface area contributed by atoms with Crippen LogP contribution in [-0.4, -0.2) is 42.5 Å². The fraction of sp³-hybridized carbons (Fsp3) is 0.529. The van der Waals surface area contributed by atoms with Gasteiger partial charge in [-0.1, -0.05) is 0 Å². The molecule has 2 fully saturated rings. The number of benzene rings is 1. The molecule has 1 N–H and O–H groups in total. The van der Waals surface area contributed by atoms with E-state index in [4.69, 9.17) is 4.74 Å². The third-order valence-corrected chi connectivity index (χ3v) is 4.70. The second-order valence-corrected chi connectivity index (χ2v) is 6.47. The molecule has 2 aliphatic rings. The topological polar surface area (TPSA) is 58.6 Å². The minimum absolute atomic E-state index is 0.0104. The maximum absolute atomic E-state index is 13.3. The van der Waals surface area contributed by atoms with Crippen molar-refractivity contribution in [1.82, 2.24) is 4.90 Å². The molecule has 0 bridgehead atoms. The molecule has 1 aromatic rings. The highest BCUT2D eigenvalue weighted by Gasteiger charge is 2.39. The van der Waals surface area contributed by atoms with Crippen molar-refractivity contribution in [3.8, 4) is 0 Å². The molecule has 0 spiro atoms. The van der Waals surface area contributed by atoms with Crippen molar-refractivity contribution in [2.45, 2.75) is 31.5 Å². The second kappa shape index (κ2) is 7.22. The zero-order chi connectivity index (χ0) is 18.9. The van der Waals surface area contributed by atoms with Gasteiger partial charge in [0, 0.05) is 37.9 Å². The molecule has 1 aromatic carbocycles. The van der Waals surface area contributed by atoms with E-state index in [1.54, 1.807) is 4.90 Å². The van der Waals surface area contributed by atoms with E-state index < -0.39 is 29.4 Å². The van der Waals surface area contributed by atoms with Crippen molar-refractivity contribution >= 4 is 17.5 Å². The van der Waals surface area contributed by atoms with Crippen molar-refractivity contribution in [2.75, 3.05) is 25.1 Å². The van der Waals surface area contributed by atoms with Crippen molar-refractivity contribution in [1.29, 1.82) is 0 Å². The molecule has 1 unspecified atom stereocenters. The van der Waals surface area contributed by atoms with Crippen LogP contribution in [0.3, 0.4) is 0 Å². The molecule has 0 radical (unpaired) electrons. The molecular weight excluding hydrogens is 356 g/mol. The second-order valence-electron chi connectivity index (χ2n) is 6.47. The highest BCUT2D eigenvalue weighted by molar-refractivity contribution is 5.97. The normalized spacial score (nSPS) is 21.9. The predicted molar refractivity (Wildman–Crippen MR) is 83.7 cm³/mol. The number of ether oxygens (including phenoxy) is 1. The standard InChI is InChI=1S/C17H18F4N2O3/c18-14-2-1-11(8-13(14)17(19,20)21)22-16(25)10-7-15(24)23(9-10)12-3-5-26-6-4-12/h1-2,8,10,12H,3-7,9H2,(H,22,25). The summed E-state index contributed by atoms with van der Waals surface area (Å²) < 4.78 is 56.9. The van der Waals surface area contributed by atoms with Gasteiger partial charge in [0.1, 0.15) is 5.82 Å². The Kier molecular flexibility index (Phi) is 5.17. The Labute approximate surface area is 147 Å². The number of carbonyl (C=O) groups excluding carboxylic acids is 2. The quantitative estimate of drug-likeness (QED) is 0.828. The lowest BCUT2D eigenvalue weighted by atomic mass is 10.1. The lowest BCUT2D eigenvalue weighted by Gasteiger charge is -2.31. The van der Waals surface area contributed by atoms with E-state index >= 15 is 0 Å². The van der Waals surface area contributed by atoms with Gasteiger partial charge in [0.2, 0.25) is 11.8 Å². The van der Waals surface area contributed by atoms with E-state index in [2.05, 4.69) is 5.32 Å². The summed E-state index contributed by atoms with van der Waals surface area (Å²) in [4.78, 5) is 26.2. The zero-order valence-electron chi connectivity index (χ0n) is 13.8. The van der Waals surface area contributed by atoms with Gasteiger partial charge in [-0.25, -0.2) is 4.39 Å². The fourth-order valence-corrected chi connectivity index (χ4v) is 3.32. The molecule has 2 aliphatic heterocycles. The van der Waals surface area contributed by atoms with Crippen LogP contribution < -0.4 is 5.32 Å². The van der Waals surface area contributed by atoms with Gasteiger partial charge in [-0.2, -0.15) is 13.2 Å². The molecule has 0 aromatic heterocycles. The van der Waals surface area contributed by atoms with Gasteiger partial charge in [0.15, 0.2) is 0 Å². The molecule has 0 saturated carbocycles. The number of anilines is 1. The van der Waals surface area contributed by atoms with Crippen molar-refractivity contribution in [3.05, 3.63) is 29.6 Å². The highest BCUT2D eigenvalue weighted by Crippen LogP contribution is 2.33. The van der Waals surface area contributed by atoms with Crippen LogP contribution in [0.4, 0.5) is 23.2 Å². The molecule has 0 aliphatic carbocycles. The number of alkyl halides is 3. The molecule has 2 heterocycles. The molecule has 142 valence electrons. The third kappa shape index (κ3) is 3.98. The third-order valence-electron chi connectivity index (χ3n) is 4.70. The van der Waals surface area contributed by atoms with Crippen LogP contribution in [0.1, 0.15) is 24.8 Å². The van der Waals surface area contributed by atoms with Gasteiger partial charge in [-0.05, 0) is 31.0 Å². The van der Waals surface area contributed by atoms with Crippen molar-refractivity contribution in [2.24, 2.45) is 5.92 Å². The Hall–Kier alpha value is -2.16. The molecule has 26 heavy (non-hydrogen) atoms. The number of nitrogens with zero attached hydrogens (tertiary/aromatic N) is 1. The summed E-state index contributed by atoms with van der Waals surface area (Å²) in [6.07, 6.45) is -3.44. The Morgan fingerprint density at radius 1 is 1.23 bits per heavy atom. The fourth-order valence-electron chi connectivity index (χ4n) is 3.32. The number of nitrogens with one attached hydrogen (secondary N) is 1. The summed E-state index contributed by atoms with van der Waals surface area (Å²) in [5, 5.41) is 2.36. The number of amides is 2. The van der Waals surface area contributed by atoms with Crippen molar-refractivity contribution < 1.29 is 31.9 Å². The van der Waals surface area contributed by atoms with Crippen LogP contribution in [0, 0.1) is 11.7 Å². The minimum atomic E-state index is -4.85. The van der Waals surface area contributed by atoms with Gasteiger partial charge < -0.3 is 15.0 Å². The van der Waals surface area contributed by atoms with Crippen LogP contribution >= 0.6 is 0 Å². The molecular formula is C17H18F4N2O3. The molecule has 5 nitrogen and oxygen atoms in total. The molecule has 1 atom stereocenters. The number of carbonyl (C=O) groups is 2. The number of hydrogen-bond donors (Lipinski definition) is 1. The maximum atomic E-state index is 13.3. The molecule has 2 amide bonds. The minimum Gasteiger partial charge on any atom is -0.381 e. The average molecular weight is 374 g/mol. The summed E-state index contributed by atoms with van der Waals surface area (Å²) in [6.45, 7) is 1.34. The van der Waals surface area contributed by atoms with E-state index in [0.29, 0.717) is 38.2 Å². The van der Waals surface area contributed by atoms with E-state index in [9.17, 15) is 27.2 Å². The lowest BCUT2D eigenvalue weighted by Crippen LogP contribution is -2.41. The summed E-state index contributed by atoms with van der Waals surface area (Å²) in [5.41, 5.74) is -1.60. The number of rotatable bonds is 3. The van der Waals surface area contributed by atoms with Gasteiger partial charge >= 0.3 is 6.18 Å². The first kappa shape index (κ1) is 18.6. The van der Waals surface area contributed by atoms with Crippen LogP contribution in [0.15, 0.2) is 18.2 Å². The Morgan fingerprint density at radius 3 is 2.58 bits per heavy atom. The monoisotopic (exact) mass is 374 g/mol. The van der Waals surface area contributed by atoms with Crippen LogP contribution in [0.2, 0.25) is 0 Å². The highest BCUT2D eigenvalue weighted by atomic mass is 19.4. The summed E-state index contributed by atoms with van der Waals surface area (Å²) in [5.74, 6) is -2.75. The van der Waals surface area contributed by atoms with Gasteiger partial charge in [-0.3, -0.25) is 9.59 Å². The number of likely N-dealkylation sites (tertiary alicyclic amines) is 1. The summed E-state index contributed by atoms with van der Waals surface area (Å²) >= 11 is 0. The Bertz CT molecular complexity index is 702. The van der Waals surface area contributed by atoms with Gasteiger partial charge in [0.25, 0.3) is 0 Å². The largest absolute Gasteiger partial charge is 0.419 e. The van der Waals surface area contributed by atoms with Crippen LogP contribution in [0.25, 0.3) is 0 Å². The van der Waals surface area contributed by atoms with Crippen LogP contribution in [0.5, 0.6) is 0 Å².